The average molecular weight is 340 g/mol. The van der Waals surface area contributed by atoms with Crippen molar-refractivity contribution in [3.63, 3.8) is 0 Å². The highest BCUT2D eigenvalue weighted by molar-refractivity contribution is 5.85. The van der Waals surface area contributed by atoms with E-state index in [1.807, 2.05) is 63.2 Å². The molecular weight excluding hydrogens is 316 g/mol. The number of hydrogen-bond acceptors (Lipinski definition) is 3. The Morgan fingerprint density at radius 3 is 2.16 bits per heavy atom. The lowest BCUT2D eigenvalue weighted by atomic mass is 10.1. The summed E-state index contributed by atoms with van der Waals surface area (Å²) in [5, 5.41) is 5.56. The summed E-state index contributed by atoms with van der Waals surface area (Å²) in [4.78, 5) is 23.7. The molecule has 2 aromatic rings. The molecule has 132 valence electrons. The summed E-state index contributed by atoms with van der Waals surface area (Å²) in [5.41, 5.74) is 2.02. The van der Waals surface area contributed by atoms with Gasteiger partial charge in [-0.3, -0.25) is 10.1 Å². The third kappa shape index (κ3) is 7.08. The van der Waals surface area contributed by atoms with Gasteiger partial charge >= 0.3 is 6.09 Å². The molecule has 0 radical (unpaired) electrons. The fraction of sp³-hybridized carbons (Fsp3) is 0.300. The highest BCUT2D eigenvalue weighted by Crippen LogP contribution is 2.13. The first kappa shape index (κ1) is 18.5. The predicted octanol–water partition coefficient (Wildman–Crippen LogP) is 3.89. The molecular formula is C20H24N2O3. The Balaban J connectivity index is 1.81. The zero-order valence-corrected chi connectivity index (χ0v) is 14.8. The molecule has 0 saturated carbocycles. The topological polar surface area (TPSA) is 67.4 Å². The predicted molar refractivity (Wildman–Crippen MR) is 98.3 cm³/mol. The van der Waals surface area contributed by atoms with Crippen molar-refractivity contribution in [1.82, 2.24) is 5.32 Å². The molecule has 0 aliphatic rings. The van der Waals surface area contributed by atoms with Crippen LogP contribution in [0.1, 0.15) is 31.9 Å². The first-order valence-electron chi connectivity index (χ1n) is 8.21. The van der Waals surface area contributed by atoms with Crippen LogP contribution in [0.25, 0.3) is 0 Å². The van der Waals surface area contributed by atoms with Crippen LogP contribution in [-0.2, 0) is 22.5 Å². The van der Waals surface area contributed by atoms with Gasteiger partial charge in [0.05, 0.1) is 6.42 Å². The smallest absolute Gasteiger partial charge is 0.412 e. The van der Waals surface area contributed by atoms with E-state index in [4.69, 9.17) is 4.74 Å². The summed E-state index contributed by atoms with van der Waals surface area (Å²) in [5.74, 6) is -0.0447. The Labute approximate surface area is 148 Å². The van der Waals surface area contributed by atoms with E-state index < -0.39 is 11.7 Å². The second-order valence-electron chi connectivity index (χ2n) is 6.76. The first-order chi connectivity index (χ1) is 11.8. The van der Waals surface area contributed by atoms with Crippen molar-refractivity contribution in [2.24, 2.45) is 0 Å². The molecule has 0 unspecified atom stereocenters. The Hall–Kier alpha value is -2.82. The van der Waals surface area contributed by atoms with Crippen LogP contribution in [0.2, 0.25) is 0 Å². The highest BCUT2D eigenvalue weighted by Gasteiger charge is 2.16. The number of anilines is 1. The minimum atomic E-state index is -0.541. The lowest BCUT2D eigenvalue weighted by molar-refractivity contribution is -0.120. The maximum absolute atomic E-state index is 12.0. The largest absolute Gasteiger partial charge is 0.444 e. The fourth-order valence-corrected chi connectivity index (χ4v) is 2.17. The molecule has 0 aliphatic heterocycles. The lowest BCUT2D eigenvalue weighted by Gasteiger charge is -2.19. The van der Waals surface area contributed by atoms with Crippen molar-refractivity contribution in [1.29, 1.82) is 0 Å². The van der Waals surface area contributed by atoms with Gasteiger partial charge in [0.15, 0.2) is 0 Å². The summed E-state index contributed by atoms with van der Waals surface area (Å²) in [6.07, 6.45) is -0.208. The van der Waals surface area contributed by atoms with E-state index in [1.54, 1.807) is 12.1 Å². The minimum absolute atomic E-state index is 0.0447. The van der Waals surface area contributed by atoms with E-state index in [-0.39, 0.29) is 5.91 Å². The second kappa shape index (κ2) is 8.33. The van der Waals surface area contributed by atoms with Crippen LogP contribution in [0.15, 0.2) is 54.6 Å². The molecule has 2 aromatic carbocycles. The van der Waals surface area contributed by atoms with Crippen molar-refractivity contribution >= 4 is 17.7 Å². The standard InChI is InChI=1S/C20H24N2O3/c1-20(2,3)25-19(24)22-17-11-9-15(10-12-17)13-18(23)21-14-16-7-5-4-6-8-16/h4-12H,13-14H2,1-3H3,(H,21,23)(H,22,24). The van der Waals surface area contributed by atoms with Gasteiger partial charge in [-0.1, -0.05) is 42.5 Å². The van der Waals surface area contributed by atoms with Crippen molar-refractivity contribution in [2.45, 2.75) is 39.3 Å². The van der Waals surface area contributed by atoms with Gasteiger partial charge in [0.2, 0.25) is 5.91 Å². The van der Waals surface area contributed by atoms with Crippen molar-refractivity contribution in [3.8, 4) is 0 Å². The molecule has 2 rings (SSSR count). The van der Waals surface area contributed by atoms with Crippen LogP contribution in [-0.4, -0.2) is 17.6 Å². The second-order valence-corrected chi connectivity index (χ2v) is 6.76. The van der Waals surface area contributed by atoms with Crippen molar-refractivity contribution in [3.05, 3.63) is 65.7 Å². The quantitative estimate of drug-likeness (QED) is 0.867. The maximum atomic E-state index is 12.0. The summed E-state index contributed by atoms with van der Waals surface area (Å²) < 4.78 is 5.20. The molecule has 5 nitrogen and oxygen atoms in total. The third-order valence-corrected chi connectivity index (χ3v) is 3.30. The molecule has 0 heterocycles. The first-order valence-corrected chi connectivity index (χ1v) is 8.21. The van der Waals surface area contributed by atoms with Gasteiger partial charge in [0.25, 0.3) is 0 Å². The van der Waals surface area contributed by atoms with E-state index in [0.29, 0.717) is 18.7 Å². The molecule has 0 bridgehead atoms. The summed E-state index contributed by atoms with van der Waals surface area (Å²) in [7, 11) is 0. The zero-order valence-electron chi connectivity index (χ0n) is 14.8. The monoisotopic (exact) mass is 340 g/mol. The number of rotatable bonds is 5. The summed E-state index contributed by atoms with van der Waals surface area (Å²) in [6, 6.07) is 16.9. The number of hydrogen-bond donors (Lipinski definition) is 2. The number of ether oxygens (including phenoxy) is 1. The molecule has 25 heavy (non-hydrogen) atoms. The molecule has 2 amide bonds. The fourth-order valence-electron chi connectivity index (χ4n) is 2.17. The van der Waals surface area contributed by atoms with E-state index in [0.717, 1.165) is 11.1 Å². The number of carbonyl (C=O) groups excluding carboxylic acids is 2. The normalized spacial score (nSPS) is 10.8. The van der Waals surface area contributed by atoms with Gasteiger partial charge in [-0.2, -0.15) is 0 Å². The van der Waals surface area contributed by atoms with Crippen LogP contribution in [0, 0.1) is 0 Å². The number of nitrogens with one attached hydrogen (secondary N) is 2. The van der Waals surface area contributed by atoms with Gasteiger partial charge in [0, 0.05) is 12.2 Å². The Kier molecular flexibility index (Phi) is 6.17. The van der Waals surface area contributed by atoms with Gasteiger partial charge in [-0.05, 0) is 44.0 Å². The SMILES string of the molecule is CC(C)(C)OC(=O)Nc1ccc(CC(=O)NCc2ccccc2)cc1. The van der Waals surface area contributed by atoms with Gasteiger partial charge < -0.3 is 10.1 Å². The van der Waals surface area contributed by atoms with Crippen molar-refractivity contribution in [2.75, 3.05) is 5.32 Å². The Bertz CT molecular complexity index is 704. The Morgan fingerprint density at radius 1 is 0.920 bits per heavy atom. The summed E-state index contributed by atoms with van der Waals surface area (Å²) in [6.45, 7) is 5.94. The minimum Gasteiger partial charge on any atom is -0.444 e. The number of amides is 2. The zero-order chi connectivity index (χ0) is 18.3. The van der Waals surface area contributed by atoms with Crippen LogP contribution in [0.4, 0.5) is 10.5 Å². The molecule has 5 heteroatoms. The van der Waals surface area contributed by atoms with Gasteiger partial charge in [-0.15, -0.1) is 0 Å². The van der Waals surface area contributed by atoms with Crippen LogP contribution in [0.3, 0.4) is 0 Å². The number of carbonyl (C=O) groups is 2. The molecule has 0 atom stereocenters. The maximum Gasteiger partial charge on any atom is 0.412 e. The Morgan fingerprint density at radius 2 is 1.56 bits per heavy atom. The van der Waals surface area contributed by atoms with E-state index in [9.17, 15) is 9.59 Å². The summed E-state index contributed by atoms with van der Waals surface area (Å²) >= 11 is 0. The van der Waals surface area contributed by atoms with E-state index >= 15 is 0 Å². The molecule has 0 spiro atoms. The molecule has 0 aliphatic carbocycles. The van der Waals surface area contributed by atoms with Crippen LogP contribution >= 0.6 is 0 Å². The number of benzene rings is 2. The van der Waals surface area contributed by atoms with Crippen LogP contribution < -0.4 is 10.6 Å². The highest BCUT2D eigenvalue weighted by atomic mass is 16.6. The third-order valence-electron chi connectivity index (χ3n) is 3.30. The molecule has 0 saturated heterocycles. The van der Waals surface area contributed by atoms with E-state index in [1.165, 1.54) is 0 Å². The molecule has 0 aromatic heterocycles. The average Bonchev–Trinajstić information content (AvgIpc) is 2.54. The van der Waals surface area contributed by atoms with Crippen LogP contribution in [0.5, 0.6) is 0 Å². The lowest BCUT2D eigenvalue weighted by Crippen LogP contribution is -2.27. The van der Waals surface area contributed by atoms with Crippen molar-refractivity contribution < 1.29 is 14.3 Å². The molecule has 2 N–H and O–H groups in total. The van der Waals surface area contributed by atoms with Gasteiger partial charge in [0.1, 0.15) is 5.60 Å². The molecule has 0 fully saturated rings. The van der Waals surface area contributed by atoms with Gasteiger partial charge in [-0.25, -0.2) is 4.79 Å². The van der Waals surface area contributed by atoms with E-state index in [2.05, 4.69) is 10.6 Å².